The van der Waals surface area contributed by atoms with Gasteiger partial charge in [-0.05, 0) is 49.9 Å². The first-order chi connectivity index (χ1) is 12.3. The number of nitrogens with one attached hydrogen (secondary N) is 1. The number of carbonyl (C=O) groups is 1. The molecule has 0 aromatic heterocycles. The lowest BCUT2D eigenvalue weighted by Gasteiger charge is -2.33. The van der Waals surface area contributed by atoms with E-state index in [2.05, 4.69) is 9.82 Å². The fourth-order valence-electron chi connectivity index (χ4n) is 3.40. The van der Waals surface area contributed by atoms with Crippen LogP contribution in [-0.4, -0.2) is 57.4 Å². The Kier molecular flexibility index (Phi) is 5.62. The van der Waals surface area contributed by atoms with Gasteiger partial charge in [-0.3, -0.25) is 9.80 Å². The number of likely N-dealkylation sites (tertiary alicyclic amines) is 1. The van der Waals surface area contributed by atoms with Gasteiger partial charge in [0.2, 0.25) is 10.0 Å². The van der Waals surface area contributed by atoms with Crippen LogP contribution < -0.4 is 9.73 Å². The Morgan fingerprint density at radius 1 is 1.27 bits per heavy atom. The van der Waals surface area contributed by atoms with Crippen molar-refractivity contribution in [2.24, 2.45) is 11.0 Å². The van der Waals surface area contributed by atoms with Crippen LogP contribution in [0.4, 0.5) is 5.69 Å². The SMILES string of the molecule is CC1=NN(c2ccc(C(=O)N3CCCC(CNS(C)(=O)=O)C3)cc2)CC1. The van der Waals surface area contributed by atoms with Crippen LogP contribution in [0.3, 0.4) is 0 Å². The minimum absolute atomic E-state index is 0.00158. The lowest BCUT2D eigenvalue weighted by molar-refractivity contribution is 0.0676. The Morgan fingerprint density at radius 3 is 2.62 bits per heavy atom. The summed E-state index contributed by atoms with van der Waals surface area (Å²) in [5.41, 5.74) is 2.77. The molecule has 1 unspecified atom stereocenters. The highest BCUT2D eigenvalue weighted by Gasteiger charge is 2.25. The van der Waals surface area contributed by atoms with Gasteiger partial charge in [0, 0.05) is 43.9 Å². The maximum absolute atomic E-state index is 12.8. The van der Waals surface area contributed by atoms with Crippen LogP contribution in [0.15, 0.2) is 29.4 Å². The van der Waals surface area contributed by atoms with Gasteiger partial charge in [-0.2, -0.15) is 5.10 Å². The predicted octanol–water partition coefficient (Wildman–Crippen LogP) is 1.67. The molecule has 2 aliphatic heterocycles. The Balaban J connectivity index is 1.61. The third kappa shape index (κ3) is 4.82. The van der Waals surface area contributed by atoms with Crippen molar-refractivity contribution in [2.45, 2.75) is 26.2 Å². The average Bonchev–Trinajstić information content (AvgIpc) is 3.06. The van der Waals surface area contributed by atoms with Gasteiger partial charge < -0.3 is 4.90 Å². The van der Waals surface area contributed by atoms with E-state index < -0.39 is 10.0 Å². The second-order valence-corrected chi connectivity index (χ2v) is 8.97. The summed E-state index contributed by atoms with van der Waals surface area (Å²) < 4.78 is 25.1. The van der Waals surface area contributed by atoms with E-state index in [0.29, 0.717) is 25.2 Å². The lowest BCUT2D eigenvalue weighted by Crippen LogP contribution is -2.43. The maximum Gasteiger partial charge on any atom is 0.253 e. The molecule has 0 bridgehead atoms. The summed E-state index contributed by atoms with van der Waals surface area (Å²) in [6.45, 7) is 4.57. The van der Waals surface area contributed by atoms with E-state index in [4.69, 9.17) is 0 Å². The fourth-order valence-corrected chi connectivity index (χ4v) is 3.94. The summed E-state index contributed by atoms with van der Waals surface area (Å²) in [7, 11) is -3.20. The van der Waals surface area contributed by atoms with Gasteiger partial charge in [0.1, 0.15) is 0 Å². The number of hydrazone groups is 1. The minimum Gasteiger partial charge on any atom is -0.338 e. The Labute approximate surface area is 155 Å². The summed E-state index contributed by atoms with van der Waals surface area (Å²) in [6.07, 6.45) is 3.95. The van der Waals surface area contributed by atoms with E-state index in [0.717, 1.165) is 43.5 Å². The van der Waals surface area contributed by atoms with Crippen molar-refractivity contribution in [1.82, 2.24) is 9.62 Å². The molecule has 1 N–H and O–H groups in total. The summed E-state index contributed by atoms with van der Waals surface area (Å²) in [5, 5.41) is 6.43. The number of carbonyl (C=O) groups excluding carboxylic acids is 1. The van der Waals surface area contributed by atoms with Crippen LogP contribution in [0.5, 0.6) is 0 Å². The van der Waals surface area contributed by atoms with Gasteiger partial charge in [-0.1, -0.05) is 0 Å². The highest BCUT2D eigenvalue weighted by atomic mass is 32.2. The molecule has 2 aliphatic rings. The van der Waals surface area contributed by atoms with Gasteiger partial charge in [0.05, 0.1) is 11.9 Å². The van der Waals surface area contributed by atoms with Crippen molar-refractivity contribution in [3.8, 4) is 0 Å². The number of nitrogens with zero attached hydrogens (tertiary/aromatic N) is 3. The van der Waals surface area contributed by atoms with Gasteiger partial charge in [-0.15, -0.1) is 0 Å². The zero-order valence-electron chi connectivity index (χ0n) is 15.3. The summed E-state index contributed by atoms with van der Waals surface area (Å²) >= 11 is 0. The first-order valence-electron chi connectivity index (χ1n) is 8.97. The Bertz CT molecular complexity index is 789. The molecule has 0 spiro atoms. The van der Waals surface area contributed by atoms with E-state index >= 15 is 0 Å². The lowest BCUT2D eigenvalue weighted by atomic mass is 9.97. The standard InChI is InChI=1S/C18H26N4O3S/c1-14-9-11-22(20-14)17-7-5-16(6-8-17)18(23)21-10-3-4-15(13-21)12-19-26(2,24)25/h5-8,15,19H,3-4,9-13H2,1-2H3. The number of anilines is 1. The molecular weight excluding hydrogens is 352 g/mol. The van der Waals surface area contributed by atoms with Gasteiger partial charge in [0.25, 0.3) is 5.91 Å². The second kappa shape index (κ2) is 7.75. The molecule has 7 nitrogen and oxygen atoms in total. The second-order valence-electron chi connectivity index (χ2n) is 7.14. The largest absolute Gasteiger partial charge is 0.338 e. The van der Waals surface area contributed by atoms with E-state index in [9.17, 15) is 13.2 Å². The van der Waals surface area contributed by atoms with Crippen LogP contribution in [0.2, 0.25) is 0 Å². The van der Waals surface area contributed by atoms with Crippen molar-refractivity contribution in [2.75, 3.05) is 37.4 Å². The molecule has 142 valence electrons. The van der Waals surface area contributed by atoms with Crippen molar-refractivity contribution >= 4 is 27.3 Å². The van der Waals surface area contributed by atoms with Gasteiger partial charge in [-0.25, -0.2) is 13.1 Å². The molecule has 1 atom stereocenters. The average molecular weight is 378 g/mol. The fraction of sp³-hybridized carbons (Fsp3) is 0.556. The normalized spacial score (nSPS) is 21.0. The number of piperidine rings is 1. The van der Waals surface area contributed by atoms with Crippen molar-refractivity contribution in [1.29, 1.82) is 0 Å². The number of hydrogen-bond donors (Lipinski definition) is 1. The molecule has 1 amide bonds. The van der Waals surface area contributed by atoms with Crippen LogP contribution >= 0.6 is 0 Å². The zero-order chi connectivity index (χ0) is 18.7. The highest BCUT2D eigenvalue weighted by molar-refractivity contribution is 7.88. The van der Waals surface area contributed by atoms with Gasteiger partial charge in [0.15, 0.2) is 0 Å². The Hall–Kier alpha value is -1.93. The predicted molar refractivity (Wildman–Crippen MR) is 103 cm³/mol. The molecule has 1 aromatic rings. The van der Waals surface area contributed by atoms with Crippen LogP contribution in [0, 0.1) is 5.92 Å². The third-order valence-corrected chi connectivity index (χ3v) is 5.52. The highest BCUT2D eigenvalue weighted by Crippen LogP contribution is 2.22. The smallest absolute Gasteiger partial charge is 0.253 e. The molecule has 26 heavy (non-hydrogen) atoms. The molecule has 0 aliphatic carbocycles. The quantitative estimate of drug-likeness (QED) is 0.845. The molecule has 3 rings (SSSR count). The summed E-state index contributed by atoms with van der Waals surface area (Å²) in [4.78, 5) is 14.6. The molecule has 8 heteroatoms. The molecule has 1 saturated heterocycles. The van der Waals surface area contributed by atoms with E-state index in [1.807, 2.05) is 41.1 Å². The number of amides is 1. The number of sulfonamides is 1. The molecule has 0 radical (unpaired) electrons. The number of hydrogen-bond acceptors (Lipinski definition) is 5. The van der Waals surface area contributed by atoms with Crippen molar-refractivity contribution < 1.29 is 13.2 Å². The molecule has 2 heterocycles. The molecular formula is C18H26N4O3S. The number of benzene rings is 1. The molecule has 0 saturated carbocycles. The Morgan fingerprint density at radius 2 is 2.00 bits per heavy atom. The summed E-state index contributed by atoms with van der Waals surface area (Å²) in [5.74, 6) is 0.158. The minimum atomic E-state index is -3.20. The zero-order valence-corrected chi connectivity index (χ0v) is 16.1. The first kappa shape index (κ1) is 18.8. The third-order valence-electron chi connectivity index (χ3n) is 4.83. The van der Waals surface area contributed by atoms with Crippen LogP contribution in [0.25, 0.3) is 0 Å². The van der Waals surface area contributed by atoms with E-state index in [1.165, 1.54) is 0 Å². The topological polar surface area (TPSA) is 82.1 Å². The van der Waals surface area contributed by atoms with Crippen molar-refractivity contribution in [3.05, 3.63) is 29.8 Å². The van der Waals surface area contributed by atoms with Crippen LogP contribution in [0.1, 0.15) is 36.5 Å². The molecule has 1 fully saturated rings. The van der Waals surface area contributed by atoms with Gasteiger partial charge >= 0.3 is 0 Å². The number of rotatable bonds is 5. The first-order valence-corrected chi connectivity index (χ1v) is 10.9. The maximum atomic E-state index is 12.8. The summed E-state index contributed by atoms with van der Waals surface area (Å²) in [6, 6.07) is 7.56. The van der Waals surface area contributed by atoms with E-state index in [-0.39, 0.29) is 11.8 Å². The monoisotopic (exact) mass is 378 g/mol. The van der Waals surface area contributed by atoms with Crippen molar-refractivity contribution in [3.63, 3.8) is 0 Å². The van der Waals surface area contributed by atoms with E-state index in [1.54, 1.807) is 0 Å². The van der Waals surface area contributed by atoms with Crippen LogP contribution in [-0.2, 0) is 10.0 Å². The molecule has 1 aromatic carbocycles.